The molecule has 2 aromatic carbocycles. The fourth-order valence-corrected chi connectivity index (χ4v) is 6.08. The van der Waals surface area contributed by atoms with Crippen LogP contribution in [0.3, 0.4) is 0 Å². The second kappa shape index (κ2) is 16.9. The highest BCUT2D eigenvalue weighted by atomic mass is 35.5. The Labute approximate surface area is 278 Å². The number of H-pyrrole nitrogens is 1. The van der Waals surface area contributed by atoms with Crippen molar-refractivity contribution in [1.29, 1.82) is 0 Å². The molecule has 0 aliphatic heterocycles. The summed E-state index contributed by atoms with van der Waals surface area (Å²) in [5, 5.41) is 7.28. The van der Waals surface area contributed by atoms with E-state index in [2.05, 4.69) is 17.3 Å². The highest BCUT2D eigenvalue weighted by Crippen LogP contribution is 2.33. The van der Waals surface area contributed by atoms with Crippen molar-refractivity contribution in [3.8, 4) is 11.4 Å². The molecule has 234 valence electrons. The second-order valence-electron chi connectivity index (χ2n) is 10.6. The van der Waals surface area contributed by atoms with Crippen molar-refractivity contribution in [3.63, 3.8) is 0 Å². The van der Waals surface area contributed by atoms with Gasteiger partial charge in [-0.2, -0.15) is 4.57 Å². The van der Waals surface area contributed by atoms with Gasteiger partial charge >= 0.3 is 17.2 Å². The van der Waals surface area contributed by atoms with Gasteiger partial charge in [-0.1, -0.05) is 117 Å². The number of anilines is 2. The predicted octanol–water partition coefficient (Wildman–Crippen LogP) is 9.88. The lowest BCUT2D eigenvalue weighted by Gasteiger charge is -2.10. The van der Waals surface area contributed by atoms with Crippen LogP contribution < -0.4 is 15.4 Å². The van der Waals surface area contributed by atoms with Gasteiger partial charge in [0, 0.05) is 17.2 Å². The summed E-state index contributed by atoms with van der Waals surface area (Å²) < 4.78 is 8.42. The smallest absolute Gasteiger partial charge is 0.346 e. The van der Waals surface area contributed by atoms with Crippen molar-refractivity contribution >= 4 is 63.9 Å². The first kappa shape index (κ1) is 33.9. The Kier molecular flexibility index (Phi) is 13.0. The van der Waals surface area contributed by atoms with E-state index >= 15 is 0 Å². The quantitative estimate of drug-likeness (QED) is 0.0702. The van der Waals surface area contributed by atoms with Crippen LogP contribution in [0.1, 0.15) is 81.5 Å². The van der Waals surface area contributed by atoms with E-state index < -0.39 is 11.5 Å². The van der Waals surface area contributed by atoms with Gasteiger partial charge in [-0.15, -0.1) is 0 Å². The van der Waals surface area contributed by atoms with Crippen molar-refractivity contribution in [1.82, 2.24) is 9.78 Å². The van der Waals surface area contributed by atoms with E-state index in [-0.39, 0.29) is 21.4 Å². The summed E-state index contributed by atoms with van der Waals surface area (Å²) in [6.45, 7) is 2.59. The van der Waals surface area contributed by atoms with Gasteiger partial charge in [0.1, 0.15) is 5.69 Å². The third kappa shape index (κ3) is 9.04. The van der Waals surface area contributed by atoms with Gasteiger partial charge in [0.15, 0.2) is 12.4 Å². The minimum absolute atomic E-state index is 0.187. The minimum Gasteiger partial charge on any atom is -0.462 e. The molecule has 2 heterocycles. The predicted molar refractivity (Wildman–Crippen MR) is 180 cm³/mol. The van der Waals surface area contributed by atoms with E-state index in [1.807, 2.05) is 6.07 Å². The molecule has 0 aliphatic carbocycles. The number of carbonyl (C=O) groups is 1. The Bertz CT molecular complexity index is 1580. The van der Waals surface area contributed by atoms with Crippen LogP contribution >= 0.6 is 46.4 Å². The molecular weight excluding hydrogens is 642 g/mol. The molecule has 0 saturated carbocycles. The molecule has 7 nitrogen and oxygen atoms in total. The van der Waals surface area contributed by atoms with Crippen LogP contribution in [0.4, 0.5) is 11.5 Å². The lowest BCUT2D eigenvalue weighted by atomic mass is 10.1. The van der Waals surface area contributed by atoms with Gasteiger partial charge < -0.3 is 10.1 Å². The lowest BCUT2D eigenvalue weighted by molar-refractivity contribution is -0.595. The first-order valence-electron chi connectivity index (χ1n) is 15.0. The molecule has 0 amide bonds. The number of carbonyl (C=O) groups excluding carboxylic acids is 1. The molecule has 4 aromatic rings. The van der Waals surface area contributed by atoms with E-state index in [0.29, 0.717) is 33.7 Å². The van der Waals surface area contributed by atoms with Crippen LogP contribution in [0.25, 0.3) is 11.4 Å². The number of halogens is 4. The zero-order chi connectivity index (χ0) is 31.5. The summed E-state index contributed by atoms with van der Waals surface area (Å²) in [6, 6.07) is 13.2. The molecule has 2 aromatic heterocycles. The summed E-state index contributed by atoms with van der Waals surface area (Å²) in [5.74, 6) is -0.143. The molecule has 11 heteroatoms. The van der Waals surface area contributed by atoms with Gasteiger partial charge in [-0.3, -0.25) is 9.89 Å². The number of hydrogen-bond acceptors (Lipinski definition) is 4. The van der Waals surface area contributed by atoms with Crippen molar-refractivity contribution in [2.24, 2.45) is 0 Å². The first-order chi connectivity index (χ1) is 21.3. The number of rotatable bonds is 16. The maximum atomic E-state index is 13.7. The Morgan fingerprint density at radius 1 is 0.841 bits per heavy atom. The SMILES string of the molecule is CCCCCCCCCCCCOC(=O)c1ccc(Cl)c(Nc2[nH]n(-c3c(Cl)cc(Cl)cc3Cl)c(=O)c2-[n+]2ccccc2)c1. The van der Waals surface area contributed by atoms with Crippen molar-refractivity contribution < 1.29 is 14.1 Å². The maximum Gasteiger partial charge on any atom is 0.346 e. The summed E-state index contributed by atoms with van der Waals surface area (Å²) >= 11 is 25.5. The van der Waals surface area contributed by atoms with Crippen LogP contribution in [0.5, 0.6) is 0 Å². The summed E-state index contributed by atoms with van der Waals surface area (Å²) in [6.07, 6.45) is 15.5. The van der Waals surface area contributed by atoms with Crippen LogP contribution in [0.2, 0.25) is 20.1 Å². The summed E-state index contributed by atoms with van der Waals surface area (Å²) in [4.78, 5) is 26.6. The molecule has 0 unspecified atom stereocenters. The number of unbranched alkanes of at least 4 members (excludes halogenated alkanes) is 9. The molecule has 2 N–H and O–H groups in total. The zero-order valence-corrected chi connectivity index (χ0v) is 27.7. The number of esters is 1. The first-order valence-corrected chi connectivity index (χ1v) is 16.5. The molecule has 0 bridgehead atoms. The number of nitrogens with one attached hydrogen (secondary N) is 2. The molecule has 0 saturated heterocycles. The Morgan fingerprint density at radius 2 is 1.45 bits per heavy atom. The monoisotopic (exact) mass is 677 g/mol. The Morgan fingerprint density at radius 3 is 2.09 bits per heavy atom. The van der Waals surface area contributed by atoms with Crippen LogP contribution in [0, 0.1) is 0 Å². The largest absolute Gasteiger partial charge is 0.462 e. The molecular formula is C33H37Cl4N4O3+. The Hall–Kier alpha value is -2.97. The van der Waals surface area contributed by atoms with E-state index in [4.69, 9.17) is 51.1 Å². The summed E-state index contributed by atoms with van der Waals surface area (Å²) in [7, 11) is 0. The molecule has 0 atom stereocenters. The number of aromatic amines is 1. The fourth-order valence-electron chi connectivity index (χ4n) is 4.93. The van der Waals surface area contributed by atoms with Gasteiger partial charge in [0.05, 0.1) is 32.9 Å². The maximum absolute atomic E-state index is 13.7. The lowest BCUT2D eigenvalue weighted by Crippen LogP contribution is -2.36. The van der Waals surface area contributed by atoms with Gasteiger partial charge in [-0.05, 0) is 36.8 Å². The van der Waals surface area contributed by atoms with Crippen molar-refractivity contribution in [3.05, 3.63) is 96.9 Å². The highest BCUT2D eigenvalue weighted by molar-refractivity contribution is 6.40. The molecule has 0 fully saturated rings. The molecule has 0 aliphatic rings. The average Bonchev–Trinajstić information content (AvgIpc) is 3.31. The van der Waals surface area contributed by atoms with Crippen LogP contribution in [0.15, 0.2) is 65.7 Å². The van der Waals surface area contributed by atoms with Crippen molar-refractivity contribution in [2.75, 3.05) is 11.9 Å². The van der Waals surface area contributed by atoms with Crippen LogP contribution in [-0.2, 0) is 4.74 Å². The third-order valence-corrected chi connectivity index (χ3v) is 8.36. The molecule has 0 radical (unpaired) electrons. The number of aromatic nitrogens is 3. The van der Waals surface area contributed by atoms with E-state index in [9.17, 15) is 9.59 Å². The normalized spacial score (nSPS) is 11.1. The van der Waals surface area contributed by atoms with E-state index in [1.165, 1.54) is 61.8 Å². The van der Waals surface area contributed by atoms with Gasteiger partial charge in [-0.25, -0.2) is 9.48 Å². The van der Waals surface area contributed by atoms with Gasteiger partial charge in [0.2, 0.25) is 5.82 Å². The minimum atomic E-state index is -0.441. The highest BCUT2D eigenvalue weighted by Gasteiger charge is 2.27. The standard InChI is InChI=1S/C33H36Cl4N4O3/c1-2-3-4-5-6-7-8-9-10-14-19-44-33(43)23-15-16-25(35)28(20-23)38-31-30(40-17-12-11-13-18-40)32(42)41(39-31)29-26(36)21-24(34)22-27(29)37/h11-13,15-18,20-22H,2-10,14,19H2,1H3,(H-,38,39,42)/p+1. The molecule has 44 heavy (non-hydrogen) atoms. The third-order valence-electron chi connectivity index (χ3n) is 7.24. The second-order valence-corrected chi connectivity index (χ2v) is 12.3. The number of hydrogen-bond donors (Lipinski definition) is 2. The number of pyridine rings is 1. The fraction of sp³-hybridized carbons (Fsp3) is 0.364. The number of ether oxygens (including phenoxy) is 1. The Balaban J connectivity index is 1.46. The van der Waals surface area contributed by atoms with Crippen molar-refractivity contribution in [2.45, 2.75) is 71.1 Å². The molecule has 4 rings (SSSR count). The zero-order valence-electron chi connectivity index (χ0n) is 24.7. The van der Waals surface area contributed by atoms with Crippen LogP contribution in [-0.4, -0.2) is 22.4 Å². The summed E-state index contributed by atoms with van der Waals surface area (Å²) in [5.41, 5.74) is 0.794. The average molecular weight is 679 g/mol. The number of nitrogens with zero attached hydrogens (tertiary/aromatic N) is 2. The van der Waals surface area contributed by atoms with E-state index in [0.717, 1.165) is 19.3 Å². The number of benzene rings is 2. The molecule has 0 spiro atoms. The topological polar surface area (TPSA) is 80.0 Å². The van der Waals surface area contributed by atoms with Gasteiger partial charge in [0.25, 0.3) is 0 Å². The van der Waals surface area contributed by atoms with E-state index in [1.54, 1.807) is 47.3 Å².